The molecule has 1 heterocycles. The van der Waals surface area contributed by atoms with E-state index in [2.05, 4.69) is 26.2 Å². The second-order valence-electron chi connectivity index (χ2n) is 3.70. The van der Waals surface area contributed by atoms with Gasteiger partial charge in [-0.3, -0.25) is 0 Å². The molecule has 0 radical (unpaired) electrons. The van der Waals surface area contributed by atoms with Gasteiger partial charge in [0.25, 0.3) is 0 Å². The normalized spacial score (nSPS) is 10.6. The van der Waals surface area contributed by atoms with Crippen LogP contribution < -0.4 is 11.1 Å². The molecule has 1 aromatic heterocycles. The Morgan fingerprint density at radius 1 is 1.41 bits per heavy atom. The van der Waals surface area contributed by atoms with Crippen LogP contribution >= 0.6 is 27.3 Å². The monoisotopic (exact) mass is 311 g/mol. The molecule has 3 nitrogen and oxygen atoms in total. The molecular formula is C12H14BrN3S. The molecule has 0 fully saturated rings. The van der Waals surface area contributed by atoms with Crippen molar-refractivity contribution in [3.63, 3.8) is 0 Å². The van der Waals surface area contributed by atoms with E-state index in [-0.39, 0.29) is 0 Å². The summed E-state index contributed by atoms with van der Waals surface area (Å²) in [7, 11) is 0. The lowest BCUT2D eigenvalue weighted by atomic mass is 10.2. The van der Waals surface area contributed by atoms with E-state index in [1.54, 1.807) is 11.3 Å². The predicted molar refractivity (Wildman–Crippen MR) is 76.1 cm³/mol. The first-order valence-corrected chi connectivity index (χ1v) is 7.06. The van der Waals surface area contributed by atoms with Crippen molar-refractivity contribution in [3.05, 3.63) is 44.8 Å². The summed E-state index contributed by atoms with van der Waals surface area (Å²) in [6.45, 7) is 1.72. The standard InChI is InChI=1S/C12H14BrN3S/c13-10-2-1-9(11(14)7-10)8-15-4-3-12-16-5-6-17-12/h1-2,5-7,15H,3-4,8,14H2. The Hall–Kier alpha value is -0.910. The van der Waals surface area contributed by atoms with Gasteiger partial charge in [0.05, 0.1) is 5.01 Å². The van der Waals surface area contributed by atoms with Crippen LogP contribution in [0.25, 0.3) is 0 Å². The number of hydrogen-bond acceptors (Lipinski definition) is 4. The lowest BCUT2D eigenvalue weighted by molar-refractivity contribution is 0.686. The Bertz CT molecular complexity index is 471. The SMILES string of the molecule is Nc1cc(Br)ccc1CNCCc1nccs1. The lowest BCUT2D eigenvalue weighted by Crippen LogP contribution is -2.17. The Balaban J connectivity index is 1.78. The first kappa shape index (κ1) is 12.5. The minimum absolute atomic E-state index is 0.796. The van der Waals surface area contributed by atoms with E-state index in [4.69, 9.17) is 5.73 Å². The second kappa shape index (κ2) is 6.14. The van der Waals surface area contributed by atoms with Gasteiger partial charge in [-0.15, -0.1) is 11.3 Å². The highest BCUT2D eigenvalue weighted by Crippen LogP contribution is 2.18. The zero-order chi connectivity index (χ0) is 12.1. The zero-order valence-electron chi connectivity index (χ0n) is 9.32. The van der Waals surface area contributed by atoms with Crippen molar-refractivity contribution < 1.29 is 0 Å². The van der Waals surface area contributed by atoms with Crippen LogP contribution in [-0.2, 0) is 13.0 Å². The average molecular weight is 312 g/mol. The van der Waals surface area contributed by atoms with E-state index < -0.39 is 0 Å². The van der Waals surface area contributed by atoms with Crippen molar-refractivity contribution >= 4 is 33.0 Å². The zero-order valence-corrected chi connectivity index (χ0v) is 11.7. The van der Waals surface area contributed by atoms with Crippen LogP contribution in [0.1, 0.15) is 10.6 Å². The molecule has 5 heteroatoms. The number of nitrogens with one attached hydrogen (secondary N) is 1. The van der Waals surface area contributed by atoms with Crippen LogP contribution in [0.15, 0.2) is 34.2 Å². The first-order valence-electron chi connectivity index (χ1n) is 5.38. The maximum atomic E-state index is 5.92. The summed E-state index contributed by atoms with van der Waals surface area (Å²) in [4.78, 5) is 4.24. The number of nitrogens with zero attached hydrogens (tertiary/aromatic N) is 1. The van der Waals surface area contributed by atoms with Gasteiger partial charge in [0.2, 0.25) is 0 Å². The van der Waals surface area contributed by atoms with E-state index in [9.17, 15) is 0 Å². The van der Waals surface area contributed by atoms with Gasteiger partial charge in [-0.05, 0) is 17.7 Å². The molecule has 2 aromatic rings. The highest BCUT2D eigenvalue weighted by molar-refractivity contribution is 9.10. The Morgan fingerprint density at radius 3 is 3.00 bits per heavy atom. The molecular weight excluding hydrogens is 298 g/mol. The van der Waals surface area contributed by atoms with Crippen LogP contribution in [0.5, 0.6) is 0 Å². The smallest absolute Gasteiger partial charge is 0.0937 e. The topological polar surface area (TPSA) is 50.9 Å². The van der Waals surface area contributed by atoms with Crippen LogP contribution in [0.3, 0.4) is 0 Å². The van der Waals surface area contributed by atoms with Gasteiger partial charge in [0.15, 0.2) is 0 Å². The van der Waals surface area contributed by atoms with E-state index >= 15 is 0 Å². The van der Waals surface area contributed by atoms with Crippen LogP contribution in [0.2, 0.25) is 0 Å². The quantitative estimate of drug-likeness (QED) is 0.659. The molecule has 0 aliphatic carbocycles. The molecule has 90 valence electrons. The van der Waals surface area contributed by atoms with Gasteiger partial charge in [-0.25, -0.2) is 4.98 Å². The van der Waals surface area contributed by atoms with Crippen molar-refractivity contribution in [3.8, 4) is 0 Å². The molecule has 0 aliphatic rings. The highest BCUT2D eigenvalue weighted by Gasteiger charge is 2.00. The molecule has 2 rings (SSSR count). The van der Waals surface area contributed by atoms with E-state index in [1.165, 1.54) is 5.01 Å². The molecule has 0 bridgehead atoms. The number of anilines is 1. The molecule has 0 aliphatic heterocycles. The summed E-state index contributed by atoms with van der Waals surface area (Å²) in [5, 5.41) is 6.54. The van der Waals surface area contributed by atoms with Crippen molar-refractivity contribution in [1.29, 1.82) is 0 Å². The number of aromatic nitrogens is 1. The van der Waals surface area contributed by atoms with Gasteiger partial charge < -0.3 is 11.1 Å². The fraction of sp³-hybridized carbons (Fsp3) is 0.250. The van der Waals surface area contributed by atoms with Crippen molar-refractivity contribution in [2.24, 2.45) is 0 Å². The molecule has 0 saturated carbocycles. The van der Waals surface area contributed by atoms with E-state index in [0.29, 0.717) is 0 Å². The number of thiazole rings is 1. The van der Waals surface area contributed by atoms with Gasteiger partial charge >= 0.3 is 0 Å². The first-order chi connectivity index (χ1) is 8.25. The molecule has 1 aromatic carbocycles. The molecule has 0 saturated heterocycles. The van der Waals surface area contributed by atoms with Gasteiger partial charge in [0.1, 0.15) is 0 Å². The maximum absolute atomic E-state index is 5.92. The third-order valence-corrected chi connectivity index (χ3v) is 3.76. The van der Waals surface area contributed by atoms with E-state index in [0.717, 1.165) is 35.2 Å². The number of hydrogen-bond donors (Lipinski definition) is 2. The Labute approximate surface area is 113 Å². The predicted octanol–water partition coefficient (Wildman–Crippen LogP) is 2.82. The number of nitrogens with two attached hydrogens (primary N) is 1. The summed E-state index contributed by atoms with van der Waals surface area (Å²) >= 11 is 5.09. The van der Waals surface area contributed by atoms with Gasteiger partial charge in [-0.2, -0.15) is 0 Å². The minimum atomic E-state index is 0.796. The largest absolute Gasteiger partial charge is 0.398 e. The summed E-state index contributed by atoms with van der Waals surface area (Å²) in [5.41, 5.74) is 7.87. The van der Waals surface area contributed by atoms with Crippen LogP contribution in [-0.4, -0.2) is 11.5 Å². The number of halogens is 1. The Morgan fingerprint density at radius 2 is 2.29 bits per heavy atom. The summed E-state index contributed by atoms with van der Waals surface area (Å²) in [6.07, 6.45) is 2.81. The third-order valence-electron chi connectivity index (χ3n) is 2.42. The fourth-order valence-corrected chi connectivity index (χ4v) is 2.52. The van der Waals surface area contributed by atoms with E-state index in [1.807, 2.05) is 29.8 Å². The molecule has 3 N–H and O–H groups in total. The van der Waals surface area contributed by atoms with Gasteiger partial charge in [0, 0.05) is 41.2 Å². The molecule has 0 unspecified atom stereocenters. The second-order valence-corrected chi connectivity index (χ2v) is 5.59. The van der Waals surface area contributed by atoms with Crippen molar-refractivity contribution in [2.45, 2.75) is 13.0 Å². The average Bonchev–Trinajstić information content (AvgIpc) is 2.79. The number of benzene rings is 1. The molecule has 0 amide bonds. The number of nitrogen functional groups attached to an aromatic ring is 1. The minimum Gasteiger partial charge on any atom is -0.398 e. The summed E-state index contributed by atoms with van der Waals surface area (Å²) in [5.74, 6) is 0. The summed E-state index contributed by atoms with van der Waals surface area (Å²) in [6, 6.07) is 5.97. The molecule has 17 heavy (non-hydrogen) atoms. The molecule has 0 spiro atoms. The fourth-order valence-electron chi connectivity index (χ4n) is 1.52. The maximum Gasteiger partial charge on any atom is 0.0937 e. The lowest BCUT2D eigenvalue weighted by Gasteiger charge is -2.07. The van der Waals surface area contributed by atoms with Crippen LogP contribution in [0.4, 0.5) is 5.69 Å². The summed E-state index contributed by atoms with van der Waals surface area (Å²) < 4.78 is 1.02. The molecule has 0 atom stereocenters. The van der Waals surface area contributed by atoms with Gasteiger partial charge in [-0.1, -0.05) is 22.0 Å². The third kappa shape index (κ3) is 3.80. The Kier molecular flexibility index (Phi) is 4.53. The van der Waals surface area contributed by atoms with Crippen molar-refractivity contribution in [1.82, 2.24) is 10.3 Å². The number of rotatable bonds is 5. The highest BCUT2D eigenvalue weighted by atomic mass is 79.9. The van der Waals surface area contributed by atoms with Crippen LogP contribution in [0, 0.1) is 0 Å². The van der Waals surface area contributed by atoms with Crippen molar-refractivity contribution in [2.75, 3.05) is 12.3 Å².